The molecular weight excluding hydrogens is 220 g/mol. The first-order chi connectivity index (χ1) is 7.38. The van der Waals surface area contributed by atoms with Gasteiger partial charge in [-0.2, -0.15) is 0 Å². The Morgan fingerprint density at radius 3 is 2.44 bits per heavy atom. The molecular formula is C12H16N2OS. The maximum Gasteiger partial charge on any atom is 0.162 e. The van der Waals surface area contributed by atoms with Crippen LogP contribution in [-0.4, -0.2) is 4.98 Å². The van der Waals surface area contributed by atoms with Crippen molar-refractivity contribution in [1.29, 1.82) is 0 Å². The monoisotopic (exact) mass is 236 g/mol. The van der Waals surface area contributed by atoms with Gasteiger partial charge in [0.1, 0.15) is 5.76 Å². The predicted molar refractivity (Wildman–Crippen MR) is 66.5 cm³/mol. The molecule has 0 unspecified atom stereocenters. The average Bonchev–Trinajstić information content (AvgIpc) is 2.70. The highest BCUT2D eigenvalue weighted by molar-refractivity contribution is 7.15. The van der Waals surface area contributed by atoms with Crippen molar-refractivity contribution in [3.8, 4) is 10.8 Å². The number of rotatable bonds is 2. The van der Waals surface area contributed by atoms with Gasteiger partial charge in [-0.15, -0.1) is 11.3 Å². The van der Waals surface area contributed by atoms with Gasteiger partial charge in [0.25, 0.3) is 0 Å². The maximum atomic E-state index is 6.09. The zero-order chi connectivity index (χ0) is 11.9. The molecule has 0 saturated carbocycles. The Bertz CT molecular complexity index is 505. The summed E-state index contributed by atoms with van der Waals surface area (Å²) in [7, 11) is 0. The summed E-state index contributed by atoms with van der Waals surface area (Å²) in [5, 5.41) is 0.902. The summed E-state index contributed by atoms with van der Waals surface area (Å²) in [4.78, 5) is 5.61. The van der Waals surface area contributed by atoms with Crippen molar-refractivity contribution in [3.63, 3.8) is 0 Å². The van der Waals surface area contributed by atoms with Gasteiger partial charge < -0.3 is 10.2 Å². The van der Waals surface area contributed by atoms with E-state index in [4.69, 9.17) is 10.2 Å². The molecule has 2 rings (SSSR count). The minimum Gasteiger partial charge on any atom is -0.459 e. The van der Waals surface area contributed by atoms with E-state index in [1.165, 1.54) is 0 Å². The number of hydrogen-bond acceptors (Lipinski definition) is 4. The Morgan fingerprint density at radius 2 is 2.00 bits per heavy atom. The lowest BCUT2D eigenvalue weighted by Gasteiger charge is -2.16. The molecule has 0 amide bonds. The fourth-order valence-corrected chi connectivity index (χ4v) is 2.69. The zero-order valence-corrected chi connectivity index (χ0v) is 10.8. The van der Waals surface area contributed by atoms with Crippen LogP contribution in [0.4, 0.5) is 0 Å². The second-order valence-corrected chi connectivity index (χ2v) is 5.56. The summed E-state index contributed by atoms with van der Waals surface area (Å²) in [5.41, 5.74) is 6.74. The molecule has 2 N–H and O–H groups in total. The number of hydrogen-bond donors (Lipinski definition) is 1. The van der Waals surface area contributed by atoms with Crippen LogP contribution < -0.4 is 5.73 Å². The number of furan rings is 1. The Kier molecular flexibility index (Phi) is 2.64. The molecule has 0 atom stereocenters. The van der Waals surface area contributed by atoms with E-state index >= 15 is 0 Å². The van der Waals surface area contributed by atoms with Gasteiger partial charge >= 0.3 is 0 Å². The van der Waals surface area contributed by atoms with Gasteiger partial charge in [0, 0.05) is 10.4 Å². The number of nitrogens with two attached hydrogens (primary N) is 1. The van der Waals surface area contributed by atoms with Crippen LogP contribution in [0.15, 0.2) is 16.5 Å². The van der Waals surface area contributed by atoms with Gasteiger partial charge in [0.2, 0.25) is 0 Å². The molecule has 2 heterocycles. The van der Waals surface area contributed by atoms with Crippen LogP contribution in [0.25, 0.3) is 10.8 Å². The summed E-state index contributed by atoms with van der Waals surface area (Å²) in [6, 6.07) is 3.89. The lowest BCUT2D eigenvalue weighted by molar-refractivity contribution is 0.547. The zero-order valence-electron chi connectivity index (χ0n) is 10.00. The second-order valence-electron chi connectivity index (χ2n) is 4.57. The molecule has 2 aromatic heterocycles. The summed E-state index contributed by atoms with van der Waals surface area (Å²) >= 11 is 1.60. The van der Waals surface area contributed by atoms with Gasteiger partial charge in [0.05, 0.1) is 5.69 Å². The first kappa shape index (κ1) is 11.4. The number of thiazole rings is 1. The fourth-order valence-electron chi connectivity index (χ4n) is 1.65. The van der Waals surface area contributed by atoms with Crippen molar-refractivity contribution in [3.05, 3.63) is 28.5 Å². The molecule has 0 aromatic carbocycles. The Balaban J connectivity index is 2.46. The number of aryl methyl sites for hydroxylation is 2. The van der Waals surface area contributed by atoms with E-state index in [1.807, 2.05) is 39.8 Å². The minimum absolute atomic E-state index is 0.346. The third-order valence-electron chi connectivity index (χ3n) is 2.33. The highest BCUT2D eigenvalue weighted by Crippen LogP contribution is 2.33. The molecule has 0 saturated heterocycles. The molecule has 0 bridgehead atoms. The standard InChI is InChI=1S/C12H16N2OS/c1-7-5-6-9(15-7)11-14-8(2)10(16-11)12(3,4)13/h5-6H,13H2,1-4H3. The van der Waals surface area contributed by atoms with E-state index in [-0.39, 0.29) is 5.54 Å². The molecule has 4 heteroatoms. The first-order valence-electron chi connectivity index (χ1n) is 5.21. The lowest BCUT2D eigenvalue weighted by Crippen LogP contribution is -2.28. The third kappa shape index (κ3) is 2.03. The van der Waals surface area contributed by atoms with E-state index in [9.17, 15) is 0 Å². The van der Waals surface area contributed by atoms with Crippen molar-refractivity contribution in [2.45, 2.75) is 33.2 Å². The Morgan fingerprint density at radius 1 is 1.31 bits per heavy atom. The first-order valence-corrected chi connectivity index (χ1v) is 6.03. The Hall–Kier alpha value is -1.13. The smallest absolute Gasteiger partial charge is 0.162 e. The van der Waals surface area contributed by atoms with Crippen LogP contribution in [0.1, 0.15) is 30.2 Å². The predicted octanol–water partition coefficient (Wildman–Crippen LogP) is 3.21. The number of nitrogens with zero attached hydrogens (tertiary/aromatic N) is 1. The van der Waals surface area contributed by atoms with E-state index < -0.39 is 0 Å². The van der Waals surface area contributed by atoms with Crippen molar-refractivity contribution < 1.29 is 4.42 Å². The lowest BCUT2D eigenvalue weighted by atomic mass is 10.0. The summed E-state index contributed by atoms with van der Waals surface area (Å²) in [6.45, 7) is 7.90. The van der Waals surface area contributed by atoms with Gasteiger partial charge in [-0.25, -0.2) is 4.98 Å². The normalized spacial score (nSPS) is 12.1. The van der Waals surface area contributed by atoms with Crippen molar-refractivity contribution in [2.75, 3.05) is 0 Å². The summed E-state index contributed by atoms with van der Waals surface area (Å²) in [6.07, 6.45) is 0. The fraction of sp³-hybridized carbons (Fsp3) is 0.417. The SMILES string of the molecule is Cc1ccc(-c2nc(C)c(C(C)(C)N)s2)o1. The van der Waals surface area contributed by atoms with Crippen molar-refractivity contribution in [1.82, 2.24) is 4.98 Å². The van der Waals surface area contributed by atoms with Gasteiger partial charge in [0.15, 0.2) is 10.8 Å². The van der Waals surface area contributed by atoms with Gasteiger partial charge in [-0.05, 0) is 39.8 Å². The summed E-state index contributed by atoms with van der Waals surface area (Å²) in [5.74, 6) is 1.72. The minimum atomic E-state index is -0.346. The molecule has 0 radical (unpaired) electrons. The topological polar surface area (TPSA) is 52.0 Å². The quantitative estimate of drug-likeness (QED) is 0.871. The molecule has 16 heavy (non-hydrogen) atoms. The van der Waals surface area contributed by atoms with Crippen LogP contribution in [0.5, 0.6) is 0 Å². The van der Waals surface area contributed by atoms with Crippen molar-refractivity contribution in [2.24, 2.45) is 5.73 Å². The van der Waals surface area contributed by atoms with E-state index in [0.717, 1.165) is 27.1 Å². The molecule has 0 fully saturated rings. The van der Waals surface area contributed by atoms with E-state index in [2.05, 4.69) is 4.98 Å². The number of aromatic nitrogens is 1. The van der Waals surface area contributed by atoms with Crippen LogP contribution in [0, 0.1) is 13.8 Å². The van der Waals surface area contributed by atoms with Gasteiger partial charge in [-0.1, -0.05) is 0 Å². The molecule has 3 nitrogen and oxygen atoms in total. The van der Waals surface area contributed by atoms with Crippen molar-refractivity contribution >= 4 is 11.3 Å². The highest BCUT2D eigenvalue weighted by Gasteiger charge is 2.22. The Labute approximate surface area is 99.3 Å². The molecule has 0 aliphatic rings. The highest BCUT2D eigenvalue weighted by atomic mass is 32.1. The van der Waals surface area contributed by atoms with Crippen LogP contribution in [0.3, 0.4) is 0 Å². The largest absolute Gasteiger partial charge is 0.459 e. The third-order valence-corrected chi connectivity index (χ3v) is 3.84. The van der Waals surface area contributed by atoms with Crippen LogP contribution >= 0.6 is 11.3 Å². The molecule has 0 aliphatic heterocycles. The molecule has 0 spiro atoms. The average molecular weight is 236 g/mol. The molecule has 0 aliphatic carbocycles. The van der Waals surface area contributed by atoms with E-state index in [1.54, 1.807) is 11.3 Å². The van der Waals surface area contributed by atoms with Gasteiger partial charge in [-0.3, -0.25) is 0 Å². The second kappa shape index (κ2) is 3.71. The summed E-state index contributed by atoms with van der Waals surface area (Å²) < 4.78 is 5.56. The molecule has 2 aromatic rings. The van der Waals surface area contributed by atoms with Crippen LogP contribution in [-0.2, 0) is 5.54 Å². The maximum absolute atomic E-state index is 6.09. The van der Waals surface area contributed by atoms with Crippen LogP contribution in [0.2, 0.25) is 0 Å². The van der Waals surface area contributed by atoms with E-state index in [0.29, 0.717) is 0 Å². The molecule has 86 valence electrons.